The quantitative estimate of drug-likeness (QED) is 0.890. The second-order valence-electron chi connectivity index (χ2n) is 6.33. The van der Waals surface area contributed by atoms with E-state index in [-0.39, 0.29) is 16.8 Å². The van der Waals surface area contributed by atoms with Crippen molar-refractivity contribution in [2.75, 3.05) is 13.1 Å². The largest absolute Gasteiger partial charge is 0.343 e. The highest BCUT2D eigenvalue weighted by atomic mass is 32.2. The van der Waals surface area contributed by atoms with Crippen LogP contribution in [0.25, 0.3) is 11.1 Å². The molecule has 1 N–H and O–H groups in total. The fourth-order valence-corrected chi connectivity index (χ4v) is 4.36. The van der Waals surface area contributed by atoms with E-state index in [1.54, 1.807) is 34.0 Å². The Bertz CT molecular complexity index is 868. The standard InChI is InChI=1S/C17H22N4O3S/c1-13(22)21-8-6-16(7-9-21)19-25(23,24)17-5-3-4-14(10-17)15-11-18-20(2)12-15/h3-5,10-12,16,19H,6-9H2,1-2H3. The molecule has 7 nitrogen and oxygen atoms in total. The van der Waals surface area contributed by atoms with Gasteiger partial charge in [0.15, 0.2) is 0 Å². The average Bonchev–Trinajstić information content (AvgIpc) is 3.02. The van der Waals surface area contributed by atoms with Gasteiger partial charge in [0, 0.05) is 44.9 Å². The molecule has 8 heteroatoms. The first-order valence-corrected chi connectivity index (χ1v) is 9.70. The normalized spacial score (nSPS) is 16.2. The Balaban J connectivity index is 1.73. The Morgan fingerprint density at radius 1 is 1.24 bits per heavy atom. The molecule has 1 saturated heterocycles. The third kappa shape index (κ3) is 4.08. The number of likely N-dealkylation sites (tertiary alicyclic amines) is 1. The van der Waals surface area contributed by atoms with Crippen molar-refractivity contribution in [1.29, 1.82) is 0 Å². The van der Waals surface area contributed by atoms with E-state index in [2.05, 4.69) is 9.82 Å². The lowest BCUT2D eigenvalue weighted by atomic mass is 10.1. The number of hydrogen-bond donors (Lipinski definition) is 1. The van der Waals surface area contributed by atoms with E-state index >= 15 is 0 Å². The summed E-state index contributed by atoms with van der Waals surface area (Å²) in [6.45, 7) is 2.70. The zero-order chi connectivity index (χ0) is 18.0. The van der Waals surface area contributed by atoms with Crippen LogP contribution in [0.1, 0.15) is 19.8 Å². The minimum atomic E-state index is -3.60. The molecular formula is C17H22N4O3S. The van der Waals surface area contributed by atoms with Crippen LogP contribution in [0.15, 0.2) is 41.6 Å². The van der Waals surface area contributed by atoms with Gasteiger partial charge in [-0.3, -0.25) is 9.48 Å². The lowest BCUT2D eigenvalue weighted by Crippen LogP contribution is -2.45. The van der Waals surface area contributed by atoms with Crippen LogP contribution in [-0.4, -0.2) is 48.1 Å². The molecule has 2 aromatic rings. The fraction of sp³-hybridized carbons (Fsp3) is 0.412. The van der Waals surface area contributed by atoms with Crippen LogP contribution >= 0.6 is 0 Å². The molecule has 0 bridgehead atoms. The molecule has 0 aliphatic carbocycles. The first kappa shape index (κ1) is 17.6. The Morgan fingerprint density at radius 2 is 1.96 bits per heavy atom. The molecule has 1 amide bonds. The van der Waals surface area contributed by atoms with Gasteiger partial charge >= 0.3 is 0 Å². The molecule has 3 rings (SSSR count). The second-order valence-corrected chi connectivity index (χ2v) is 8.05. The lowest BCUT2D eigenvalue weighted by molar-refractivity contribution is -0.129. The van der Waals surface area contributed by atoms with Crippen molar-refractivity contribution >= 4 is 15.9 Å². The van der Waals surface area contributed by atoms with E-state index in [9.17, 15) is 13.2 Å². The first-order chi connectivity index (χ1) is 11.8. The Hall–Kier alpha value is -2.19. The fourth-order valence-electron chi connectivity index (χ4n) is 3.01. The van der Waals surface area contributed by atoms with Crippen molar-refractivity contribution in [3.8, 4) is 11.1 Å². The molecule has 25 heavy (non-hydrogen) atoms. The summed E-state index contributed by atoms with van der Waals surface area (Å²) in [6, 6.07) is 6.69. The van der Waals surface area contributed by atoms with E-state index in [0.29, 0.717) is 25.9 Å². The summed E-state index contributed by atoms with van der Waals surface area (Å²) >= 11 is 0. The molecule has 1 aliphatic rings. The van der Waals surface area contributed by atoms with Crippen molar-refractivity contribution < 1.29 is 13.2 Å². The highest BCUT2D eigenvalue weighted by Gasteiger charge is 2.25. The topological polar surface area (TPSA) is 84.3 Å². The Morgan fingerprint density at radius 3 is 2.56 bits per heavy atom. The molecule has 0 unspecified atom stereocenters. The van der Waals surface area contributed by atoms with E-state index in [4.69, 9.17) is 0 Å². The van der Waals surface area contributed by atoms with Crippen LogP contribution in [0.4, 0.5) is 0 Å². The molecule has 1 aromatic heterocycles. The van der Waals surface area contributed by atoms with Gasteiger partial charge in [-0.15, -0.1) is 0 Å². The third-order valence-corrected chi connectivity index (χ3v) is 5.96. The smallest absolute Gasteiger partial charge is 0.240 e. The Kier molecular flexibility index (Phi) is 4.91. The van der Waals surface area contributed by atoms with Crippen LogP contribution in [0, 0.1) is 0 Å². The molecule has 2 heterocycles. The van der Waals surface area contributed by atoms with Crippen LogP contribution in [0.3, 0.4) is 0 Å². The summed E-state index contributed by atoms with van der Waals surface area (Å²) in [6.07, 6.45) is 4.80. The minimum absolute atomic E-state index is 0.0329. The summed E-state index contributed by atoms with van der Waals surface area (Å²) in [5.74, 6) is 0.0329. The number of carbonyl (C=O) groups excluding carboxylic acids is 1. The molecule has 0 spiro atoms. The number of piperidine rings is 1. The maximum atomic E-state index is 12.7. The van der Waals surface area contributed by atoms with E-state index in [1.165, 1.54) is 6.92 Å². The Labute approximate surface area is 147 Å². The van der Waals surface area contributed by atoms with Crippen LogP contribution in [0.2, 0.25) is 0 Å². The molecular weight excluding hydrogens is 340 g/mol. The molecule has 0 atom stereocenters. The minimum Gasteiger partial charge on any atom is -0.343 e. The highest BCUT2D eigenvalue weighted by molar-refractivity contribution is 7.89. The van der Waals surface area contributed by atoms with Crippen molar-refractivity contribution in [2.24, 2.45) is 7.05 Å². The van der Waals surface area contributed by atoms with E-state index < -0.39 is 10.0 Å². The molecule has 1 fully saturated rings. The number of aryl methyl sites for hydroxylation is 1. The van der Waals surface area contributed by atoms with E-state index in [1.807, 2.05) is 19.3 Å². The maximum absolute atomic E-state index is 12.7. The maximum Gasteiger partial charge on any atom is 0.240 e. The van der Waals surface area contributed by atoms with Gasteiger partial charge in [-0.2, -0.15) is 5.10 Å². The van der Waals surface area contributed by atoms with Crippen molar-refractivity contribution in [2.45, 2.75) is 30.7 Å². The second kappa shape index (κ2) is 6.97. The predicted octanol–water partition coefficient (Wildman–Crippen LogP) is 1.38. The van der Waals surface area contributed by atoms with Gasteiger partial charge in [-0.05, 0) is 30.5 Å². The van der Waals surface area contributed by atoms with Gasteiger partial charge < -0.3 is 4.90 Å². The van der Waals surface area contributed by atoms with Gasteiger partial charge in [0.25, 0.3) is 0 Å². The number of rotatable bonds is 4. The summed E-state index contributed by atoms with van der Waals surface area (Å²) < 4.78 is 29.8. The zero-order valence-corrected chi connectivity index (χ0v) is 15.2. The number of nitrogens with one attached hydrogen (secondary N) is 1. The van der Waals surface area contributed by atoms with Gasteiger partial charge in [-0.1, -0.05) is 12.1 Å². The van der Waals surface area contributed by atoms with Gasteiger partial charge in [0.2, 0.25) is 15.9 Å². The summed E-state index contributed by atoms with van der Waals surface area (Å²) in [7, 11) is -1.78. The summed E-state index contributed by atoms with van der Waals surface area (Å²) in [4.78, 5) is 13.3. The molecule has 0 saturated carbocycles. The lowest BCUT2D eigenvalue weighted by Gasteiger charge is -2.31. The number of benzene rings is 1. The van der Waals surface area contributed by atoms with Crippen LogP contribution < -0.4 is 4.72 Å². The SMILES string of the molecule is CC(=O)N1CCC(NS(=O)(=O)c2cccc(-c3cnn(C)c3)c2)CC1. The number of sulfonamides is 1. The number of nitrogens with zero attached hydrogens (tertiary/aromatic N) is 3. The number of amides is 1. The predicted molar refractivity (Wildman–Crippen MR) is 94.2 cm³/mol. The van der Waals surface area contributed by atoms with Crippen molar-refractivity contribution in [3.05, 3.63) is 36.7 Å². The molecule has 0 radical (unpaired) electrons. The molecule has 134 valence electrons. The monoisotopic (exact) mass is 362 g/mol. The molecule has 1 aromatic carbocycles. The van der Waals surface area contributed by atoms with Gasteiger partial charge in [0.05, 0.1) is 11.1 Å². The van der Waals surface area contributed by atoms with Gasteiger partial charge in [0.1, 0.15) is 0 Å². The summed E-state index contributed by atoms with van der Waals surface area (Å²) in [5, 5.41) is 4.12. The van der Waals surface area contributed by atoms with Gasteiger partial charge in [-0.25, -0.2) is 13.1 Å². The third-order valence-electron chi connectivity index (χ3n) is 4.44. The van der Waals surface area contributed by atoms with Crippen molar-refractivity contribution in [1.82, 2.24) is 19.4 Å². The van der Waals surface area contributed by atoms with Crippen molar-refractivity contribution in [3.63, 3.8) is 0 Å². The average molecular weight is 362 g/mol. The number of carbonyl (C=O) groups is 1. The molecule has 1 aliphatic heterocycles. The zero-order valence-electron chi connectivity index (χ0n) is 14.3. The van der Waals surface area contributed by atoms with Crippen LogP contribution in [0.5, 0.6) is 0 Å². The number of aromatic nitrogens is 2. The van der Waals surface area contributed by atoms with E-state index in [0.717, 1.165) is 11.1 Å². The highest BCUT2D eigenvalue weighted by Crippen LogP contribution is 2.22. The summed E-state index contributed by atoms with van der Waals surface area (Å²) in [5.41, 5.74) is 1.68. The first-order valence-electron chi connectivity index (χ1n) is 8.22. The number of hydrogen-bond acceptors (Lipinski definition) is 4. The van der Waals surface area contributed by atoms with Crippen LogP contribution in [-0.2, 0) is 21.9 Å².